The van der Waals surface area contributed by atoms with Crippen molar-refractivity contribution < 1.29 is 0 Å². The number of halogens is 1. The lowest BCUT2D eigenvalue weighted by atomic mass is 10.0. The fourth-order valence-electron chi connectivity index (χ4n) is 2.01. The molecule has 1 atom stereocenters. The van der Waals surface area contributed by atoms with Crippen LogP contribution >= 0.6 is 15.9 Å². The third-order valence-corrected chi connectivity index (χ3v) is 3.50. The minimum atomic E-state index is 0.486. The number of hydrogen-bond acceptors (Lipinski definition) is 1. The van der Waals surface area contributed by atoms with Gasteiger partial charge in [-0.2, -0.15) is 0 Å². The predicted octanol–water partition coefficient (Wildman–Crippen LogP) is 4.93. The van der Waals surface area contributed by atoms with Gasteiger partial charge in [0.1, 0.15) is 0 Å². The van der Waals surface area contributed by atoms with Crippen molar-refractivity contribution >= 4 is 15.9 Å². The topological polar surface area (TPSA) is 12.0 Å². The third-order valence-electron chi connectivity index (χ3n) is 3.01. The smallest absolute Gasteiger partial charge is 0.0318 e. The standard InChI is InChI=1S/C15H24BrN/c1-4-15(17-10-6-7-12(2)3)13-8-5-9-14(16)11-13/h5,8-9,11-12,15,17H,4,6-7,10H2,1-3H3. The van der Waals surface area contributed by atoms with E-state index < -0.39 is 0 Å². The van der Waals surface area contributed by atoms with Crippen LogP contribution in [0.4, 0.5) is 0 Å². The number of rotatable bonds is 7. The highest BCUT2D eigenvalue weighted by molar-refractivity contribution is 9.10. The van der Waals surface area contributed by atoms with Crippen LogP contribution < -0.4 is 5.32 Å². The fraction of sp³-hybridized carbons (Fsp3) is 0.600. The van der Waals surface area contributed by atoms with E-state index in [4.69, 9.17) is 0 Å². The summed E-state index contributed by atoms with van der Waals surface area (Å²) in [7, 11) is 0. The van der Waals surface area contributed by atoms with Gasteiger partial charge in [0.2, 0.25) is 0 Å². The Bertz CT molecular complexity index is 322. The Hall–Kier alpha value is -0.340. The van der Waals surface area contributed by atoms with Gasteiger partial charge in [-0.1, -0.05) is 48.8 Å². The molecule has 17 heavy (non-hydrogen) atoms. The molecular weight excluding hydrogens is 274 g/mol. The summed E-state index contributed by atoms with van der Waals surface area (Å²) in [5, 5.41) is 3.65. The maximum atomic E-state index is 3.65. The molecule has 0 saturated heterocycles. The second-order valence-electron chi connectivity index (χ2n) is 5.01. The van der Waals surface area contributed by atoms with E-state index in [0.29, 0.717) is 6.04 Å². The van der Waals surface area contributed by atoms with Gasteiger partial charge in [0, 0.05) is 10.5 Å². The summed E-state index contributed by atoms with van der Waals surface area (Å²) >= 11 is 3.53. The van der Waals surface area contributed by atoms with Crippen molar-refractivity contribution in [3.05, 3.63) is 34.3 Å². The molecule has 0 bridgehead atoms. The third kappa shape index (κ3) is 5.69. The molecule has 1 N–H and O–H groups in total. The summed E-state index contributed by atoms with van der Waals surface area (Å²) in [5.74, 6) is 0.808. The van der Waals surface area contributed by atoms with Crippen LogP contribution in [-0.2, 0) is 0 Å². The van der Waals surface area contributed by atoms with Gasteiger partial charge in [0.25, 0.3) is 0 Å². The molecule has 0 aliphatic carbocycles. The molecule has 0 aliphatic heterocycles. The molecule has 0 spiro atoms. The Balaban J connectivity index is 2.43. The normalized spacial score (nSPS) is 13.0. The molecular formula is C15H24BrN. The molecule has 0 radical (unpaired) electrons. The first-order valence-corrected chi connectivity index (χ1v) is 7.41. The molecule has 2 heteroatoms. The van der Waals surface area contributed by atoms with Crippen LogP contribution in [0.15, 0.2) is 28.7 Å². The molecule has 0 fully saturated rings. The van der Waals surface area contributed by atoms with Gasteiger partial charge in [0.05, 0.1) is 0 Å². The molecule has 1 unspecified atom stereocenters. The largest absolute Gasteiger partial charge is 0.310 e. The maximum absolute atomic E-state index is 3.65. The number of hydrogen-bond donors (Lipinski definition) is 1. The fourth-order valence-corrected chi connectivity index (χ4v) is 2.42. The average Bonchev–Trinajstić information content (AvgIpc) is 2.29. The van der Waals surface area contributed by atoms with Crippen LogP contribution in [0.3, 0.4) is 0 Å². The van der Waals surface area contributed by atoms with E-state index in [0.717, 1.165) is 23.4 Å². The number of nitrogens with one attached hydrogen (secondary N) is 1. The van der Waals surface area contributed by atoms with E-state index in [1.807, 2.05) is 0 Å². The second-order valence-corrected chi connectivity index (χ2v) is 5.92. The predicted molar refractivity (Wildman–Crippen MR) is 79.2 cm³/mol. The zero-order chi connectivity index (χ0) is 12.7. The molecule has 1 nitrogen and oxygen atoms in total. The Labute approximate surface area is 114 Å². The molecule has 0 amide bonds. The highest BCUT2D eigenvalue weighted by Crippen LogP contribution is 2.20. The SMILES string of the molecule is CCC(NCCCC(C)C)c1cccc(Br)c1. The lowest BCUT2D eigenvalue weighted by Crippen LogP contribution is -2.22. The number of benzene rings is 1. The molecule has 0 aromatic heterocycles. The summed E-state index contributed by atoms with van der Waals surface area (Å²) in [5.41, 5.74) is 1.38. The van der Waals surface area contributed by atoms with E-state index in [1.165, 1.54) is 18.4 Å². The van der Waals surface area contributed by atoms with Crippen molar-refractivity contribution in [1.82, 2.24) is 5.32 Å². The molecule has 96 valence electrons. The van der Waals surface area contributed by atoms with E-state index >= 15 is 0 Å². The van der Waals surface area contributed by atoms with E-state index in [-0.39, 0.29) is 0 Å². The first-order chi connectivity index (χ1) is 8.13. The average molecular weight is 298 g/mol. The van der Waals surface area contributed by atoms with Crippen molar-refractivity contribution in [2.75, 3.05) is 6.54 Å². The van der Waals surface area contributed by atoms with Crippen molar-refractivity contribution in [3.8, 4) is 0 Å². The van der Waals surface area contributed by atoms with Crippen molar-refractivity contribution in [2.45, 2.75) is 46.1 Å². The van der Waals surface area contributed by atoms with Gasteiger partial charge in [-0.05, 0) is 49.4 Å². The molecule has 0 aliphatic rings. The van der Waals surface area contributed by atoms with Crippen molar-refractivity contribution in [1.29, 1.82) is 0 Å². The lowest BCUT2D eigenvalue weighted by molar-refractivity contribution is 0.473. The van der Waals surface area contributed by atoms with Gasteiger partial charge in [-0.15, -0.1) is 0 Å². The first-order valence-electron chi connectivity index (χ1n) is 6.62. The minimum Gasteiger partial charge on any atom is -0.310 e. The Morgan fingerprint density at radius 1 is 1.29 bits per heavy atom. The zero-order valence-electron chi connectivity index (χ0n) is 11.2. The van der Waals surface area contributed by atoms with Crippen LogP contribution in [-0.4, -0.2) is 6.54 Å². The second kappa shape index (κ2) is 7.88. The van der Waals surface area contributed by atoms with E-state index in [1.54, 1.807) is 0 Å². The Kier molecular flexibility index (Phi) is 6.83. The summed E-state index contributed by atoms with van der Waals surface area (Å²) in [6, 6.07) is 9.09. The summed E-state index contributed by atoms with van der Waals surface area (Å²) in [4.78, 5) is 0. The van der Waals surface area contributed by atoms with Gasteiger partial charge in [-0.3, -0.25) is 0 Å². The molecule has 1 rings (SSSR count). The minimum absolute atomic E-state index is 0.486. The summed E-state index contributed by atoms with van der Waals surface area (Å²) < 4.78 is 1.16. The van der Waals surface area contributed by atoms with Crippen LogP contribution in [0.2, 0.25) is 0 Å². The van der Waals surface area contributed by atoms with Crippen LogP contribution in [0.25, 0.3) is 0 Å². The highest BCUT2D eigenvalue weighted by atomic mass is 79.9. The van der Waals surface area contributed by atoms with Crippen molar-refractivity contribution in [2.24, 2.45) is 5.92 Å². The molecule has 1 aromatic rings. The monoisotopic (exact) mass is 297 g/mol. The van der Waals surface area contributed by atoms with Crippen molar-refractivity contribution in [3.63, 3.8) is 0 Å². The zero-order valence-corrected chi connectivity index (χ0v) is 12.8. The van der Waals surface area contributed by atoms with Crippen LogP contribution in [0.1, 0.15) is 51.6 Å². The van der Waals surface area contributed by atoms with Crippen LogP contribution in [0, 0.1) is 5.92 Å². The molecule has 0 heterocycles. The maximum Gasteiger partial charge on any atom is 0.0318 e. The van der Waals surface area contributed by atoms with E-state index in [9.17, 15) is 0 Å². The quantitative estimate of drug-likeness (QED) is 0.704. The van der Waals surface area contributed by atoms with Gasteiger partial charge < -0.3 is 5.32 Å². The highest BCUT2D eigenvalue weighted by Gasteiger charge is 2.08. The molecule has 1 aromatic carbocycles. The summed E-state index contributed by atoms with van der Waals surface area (Å²) in [6.45, 7) is 7.92. The Morgan fingerprint density at radius 3 is 2.65 bits per heavy atom. The molecule has 0 saturated carbocycles. The van der Waals surface area contributed by atoms with E-state index in [2.05, 4.69) is 66.3 Å². The van der Waals surface area contributed by atoms with Gasteiger partial charge >= 0.3 is 0 Å². The van der Waals surface area contributed by atoms with Gasteiger partial charge in [0.15, 0.2) is 0 Å². The lowest BCUT2D eigenvalue weighted by Gasteiger charge is -2.18. The first kappa shape index (κ1) is 14.7. The summed E-state index contributed by atoms with van der Waals surface area (Å²) in [6.07, 6.45) is 3.71. The van der Waals surface area contributed by atoms with Gasteiger partial charge in [-0.25, -0.2) is 0 Å². The van der Waals surface area contributed by atoms with Crippen LogP contribution in [0.5, 0.6) is 0 Å². The Morgan fingerprint density at radius 2 is 2.06 bits per heavy atom.